The van der Waals surface area contributed by atoms with Crippen molar-refractivity contribution in [2.24, 2.45) is 10.9 Å². The summed E-state index contributed by atoms with van der Waals surface area (Å²) in [6, 6.07) is 0.150. The van der Waals surface area contributed by atoms with Crippen molar-refractivity contribution >= 4 is 41.8 Å². The summed E-state index contributed by atoms with van der Waals surface area (Å²) in [6.07, 6.45) is 1.92. The molecule has 0 atom stereocenters. The fraction of sp³-hybridized carbons (Fsp3) is 0.812. The number of piperidine rings is 1. The van der Waals surface area contributed by atoms with Crippen molar-refractivity contribution < 1.29 is 14.3 Å². The summed E-state index contributed by atoms with van der Waals surface area (Å²) in [5.41, 5.74) is 0. The van der Waals surface area contributed by atoms with Crippen LogP contribution in [0.2, 0.25) is 0 Å². The summed E-state index contributed by atoms with van der Waals surface area (Å²) in [4.78, 5) is 29.9. The zero-order valence-corrected chi connectivity index (χ0v) is 17.5. The van der Waals surface area contributed by atoms with Gasteiger partial charge in [-0.15, -0.1) is 24.0 Å². The van der Waals surface area contributed by atoms with Crippen molar-refractivity contribution in [3.63, 3.8) is 0 Å². The highest BCUT2D eigenvalue weighted by Gasteiger charge is 2.26. The van der Waals surface area contributed by atoms with Crippen LogP contribution in [0.5, 0.6) is 0 Å². The Bertz CT molecular complexity index is 422. The van der Waals surface area contributed by atoms with Gasteiger partial charge in [-0.3, -0.25) is 14.6 Å². The van der Waals surface area contributed by atoms with Gasteiger partial charge in [0.2, 0.25) is 5.91 Å². The number of ether oxygens (including phenoxy) is 1. The number of halogens is 1. The molecule has 0 aliphatic carbocycles. The van der Waals surface area contributed by atoms with Gasteiger partial charge in [-0.1, -0.05) is 0 Å². The minimum Gasteiger partial charge on any atom is -0.469 e. The van der Waals surface area contributed by atoms with Crippen molar-refractivity contribution in [1.29, 1.82) is 0 Å². The number of rotatable bonds is 6. The van der Waals surface area contributed by atoms with Gasteiger partial charge in [0.25, 0.3) is 0 Å². The summed E-state index contributed by atoms with van der Waals surface area (Å²) < 4.78 is 4.81. The first-order valence-corrected chi connectivity index (χ1v) is 8.38. The van der Waals surface area contributed by atoms with Crippen molar-refractivity contribution in [3.8, 4) is 0 Å². The van der Waals surface area contributed by atoms with Crippen LogP contribution in [0.4, 0.5) is 0 Å². The number of nitrogens with one attached hydrogen (secondary N) is 2. The molecule has 2 N–H and O–H groups in total. The maximum absolute atomic E-state index is 11.7. The summed E-state index contributed by atoms with van der Waals surface area (Å²) in [5.74, 6) is 0.685. The van der Waals surface area contributed by atoms with E-state index in [4.69, 9.17) is 4.74 Å². The van der Waals surface area contributed by atoms with Gasteiger partial charge in [0.15, 0.2) is 5.96 Å². The Labute approximate surface area is 162 Å². The zero-order valence-electron chi connectivity index (χ0n) is 15.1. The van der Waals surface area contributed by atoms with Gasteiger partial charge in [0, 0.05) is 32.1 Å². The third-order valence-corrected chi connectivity index (χ3v) is 3.71. The maximum atomic E-state index is 11.7. The van der Waals surface area contributed by atoms with E-state index >= 15 is 0 Å². The number of guanidine groups is 1. The lowest BCUT2D eigenvalue weighted by Crippen LogP contribution is -2.46. The van der Waals surface area contributed by atoms with E-state index in [2.05, 4.69) is 20.5 Å². The number of methoxy groups -OCH3 is 1. The molecule has 24 heavy (non-hydrogen) atoms. The Morgan fingerprint density at radius 2 is 1.92 bits per heavy atom. The van der Waals surface area contributed by atoms with Gasteiger partial charge in [0.05, 0.1) is 19.6 Å². The molecule has 0 radical (unpaired) electrons. The normalized spacial score (nSPS) is 15.7. The minimum atomic E-state index is -0.128. The van der Waals surface area contributed by atoms with Gasteiger partial charge in [-0.25, -0.2) is 0 Å². The van der Waals surface area contributed by atoms with Gasteiger partial charge in [-0.2, -0.15) is 0 Å². The molecule has 8 heteroatoms. The van der Waals surface area contributed by atoms with Crippen LogP contribution >= 0.6 is 24.0 Å². The first-order valence-electron chi connectivity index (χ1n) is 8.38. The average Bonchev–Trinajstić information content (AvgIpc) is 2.53. The van der Waals surface area contributed by atoms with Crippen LogP contribution in [-0.4, -0.2) is 62.1 Å². The number of hydrogen-bond donors (Lipinski definition) is 2. The van der Waals surface area contributed by atoms with Gasteiger partial charge < -0.3 is 20.3 Å². The predicted octanol–water partition coefficient (Wildman–Crippen LogP) is 1.37. The van der Waals surface area contributed by atoms with Crippen LogP contribution in [0.15, 0.2) is 4.99 Å². The Balaban J connectivity index is 0.00000529. The lowest BCUT2D eigenvalue weighted by Gasteiger charge is -2.33. The van der Waals surface area contributed by atoms with E-state index < -0.39 is 0 Å². The molecule has 1 rings (SSSR count). The van der Waals surface area contributed by atoms with E-state index in [1.54, 1.807) is 0 Å². The Hall–Kier alpha value is -1.06. The highest BCUT2D eigenvalue weighted by Crippen LogP contribution is 2.18. The zero-order chi connectivity index (χ0) is 17.2. The molecule has 0 aromatic rings. The molecule has 1 aliphatic rings. The number of carbonyl (C=O) groups is 2. The average molecular weight is 454 g/mol. The number of esters is 1. The van der Waals surface area contributed by atoms with Crippen molar-refractivity contribution in [2.45, 2.75) is 46.1 Å². The van der Waals surface area contributed by atoms with E-state index in [0.717, 1.165) is 38.4 Å². The van der Waals surface area contributed by atoms with E-state index in [1.165, 1.54) is 7.11 Å². The molecule has 1 saturated heterocycles. The predicted molar refractivity (Wildman–Crippen MR) is 106 cm³/mol. The second-order valence-corrected chi connectivity index (χ2v) is 5.99. The summed E-state index contributed by atoms with van der Waals surface area (Å²) in [5, 5.41) is 6.11. The Kier molecular flexibility index (Phi) is 11.8. The second-order valence-electron chi connectivity index (χ2n) is 5.99. The maximum Gasteiger partial charge on any atom is 0.308 e. The number of likely N-dealkylation sites (tertiary alicyclic amines) is 1. The highest BCUT2D eigenvalue weighted by atomic mass is 127. The molecule has 1 heterocycles. The van der Waals surface area contributed by atoms with Crippen LogP contribution in [0, 0.1) is 5.92 Å². The standard InChI is InChI=1S/C16H30N4O3.HI/c1-5-17-16(18-9-6-14(21)19-12(2)3)20-10-7-13(8-11-20)15(22)23-4;/h12-13H,5-11H2,1-4H3,(H,17,18)(H,19,21);1H. The van der Waals surface area contributed by atoms with Crippen molar-refractivity contribution in [3.05, 3.63) is 0 Å². The Morgan fingerprint density at radius 3 is 2.42 bits per heavy atom. The minimum absolute atomic E-state index is 0. The Morgan fingerprint density at radius 1 is 1.29 bits per heavy atom. The summed E-state index contributed by atoms with van der Waals surface area (Å²) >= 11 is 0. The van der Waals surface area contributed by atoms with Gasteiger partial charge >= 0.3 is 5.97 Å². The van der Waals surface area contributed by atoms with Crippen molar-refractivity contribution in [2.75, 3.05) is 33.3 Å². The molecule has 1 aliphatic heterocycles. The third-order valence-electron chi connectivity index (χ3n) is 3.71. The molecule has 0 bridgehead atoms. The molecular weight excluding hydrogens is 423 g/mol. The molecule has 0 saturated carbocycles. The molecular formula is C16H31IN4O3. The molecule has 0 aromatic carbocycles. The monoisotopic (exact) mass is 454 g/mol. The topological polar surface area (TPSA) is 83.0 Å². The number of aliphatic imine (C=N–C) groups is 1. The highest BCUT2D eigenvalue weighted by molar-refractivity contribution is 14.0. The number of carbonyl (C=O) groups excluding carboxylic acids is 2. The lowest BCUT2D eigenvalue weighted by molar-refractivity contribution is -0.146. The van der Waals surface area contributed by atoms with Crippen LogP contribution in [-0.2, 0) is 14.3 Å². The first-order chi connectivity index (χ1) is 11.0. The van der Waals surface area contributed by atoms with Crippen LogP contribution < -0.4 is 10.6 Å². The summed E-state index contributed by atoms with van der Waals surface area (Å²) in [7, 11) is 1.43. The van der Waals surface area contributed by atoms with Crippen LogP contribution in [0.25, 0.3) is 0 Å². The molecule has 140 valence electrons. The molecule has 0 aromatic heterocycles. The lowest BCUT2D eigenvalue weighted by atomic mass is 9.97. The number of hydrogen-bond acceptors (Lipinski definition) is 4. The number of amides is 1. The van der Waals surface area contributed by atoms with E-state index in [-0.39, 0.29) is 47.8 Å². The van der Waals surface area contributed by atoms with Gasteiger partial charge in [-0.05, 0) is 33.6 Å². The van der Waals surface area contributed by atoms with Crippen LogP contribution in [0.3, 0.4) is 0 Å². The molecule has 1 fully saturated rings. The summed E-state index contributed by atoms with van der Waals surface area (Å²) in [6.45, 7) is 8.66. The number of nitrogens with zero attached hydrogens (tertiary/aromatic N) is 2. The first kappa shape index (κ1) is 22.9. The van der Waals surface area contributed by atoms with Crippen LogP contribution in [0.1, 0.15) is 40.0 Å². The fourth-order valence-corrected chi connectivity index (χ4v) is 2.58. The third kappa shape index (κ3) is 8.16. The van der Waals surface area contributed by atoms with E-state index in [9.17, 15) is 9.59 Å². The van der Waals surface area contributed by atoms with E-state index in [0.29, 0.717) is 13.0 Å². The van der Waals surface area contributed by atoms with E-state index in [1.807, 2.05) is 20.8 Å². The molecule has 7 nitrogen and oxygen atoms in total. The largest absolute Gasteiger partial charge is 0.469 e. The molecule has 0 spiro atoms. The molecule has 0 unspecified atom stereocenters. The van der Waals surface area contributed by atoms with Gasteiger partial charge in [0.1, 0.15) is 0 Å². The molecule has 1 amide bonds. The quantitative estimate of drug-likeness (QED) is 0.274. The fourth-order valence-electron chi connectivity index (χ4n) is 2.58. The SMILES string of the molecule is CCNC(=NCCC(=O)NC(C)C)N1CCC(C(=O)OC)CC1.I. The van der Waals surface area contributed by atoms with Crippen molar-refractivity contribution in [1.82, 2.24) is 15.5 Å². The second kappa shape index (κ2) is 12.3. The smallest absolute Gasteiger partial charge is 0.308 e.